The fraction of sp³-hybridized carbons (Fsp3) is 0.800. The van der Waals surface area contributed by atoms with Gasteiger partial charge in [-0.25, -0.2) is 0 Å². The molecule has 0 saturated heterocycles. The maximum atomic E-state index is 5.76. The number of rotatable bonds is 29. The highest BCUT2D eigenvalue weighted by Crippen LogP contribution is 2.15. The van der Waals surface area contributed by atoms with Crippen molar-refractivity contribution in [2.75, 3.05) is 85.9 Å². The molecule has 7 heteroatoms. The summed E-state index contributed by atoms with van der Waals surface area (Å²) in [5, 5.41) is 0. The van der Waals surface area contributed by atoms with E-state index in [-0.39, 0.29) is 0 Å². The number of hydrogen-bond donors (Lipinski definition) is 0. The van der Waals surface area contributed by atoms with E-state index in [9.17, 15) is 0 Å². The van der Waals surface area contributed by atoms with E-state index in [2.05, 4.69) is 38.1 Å². The van der Waals surface area contributed by atoms with E-state index < -0.39 is 0 Å². The third kappa shape index (κ3) is 23.6. The average Bonchev–Trinajstić information content (AvgIpc) is 2.92. The zero-order valence-electron chi connectivity index (χ0n) is 23.7. The topological polar surface area (TPSA) is 64.6 Å². The Kier molecular flexibility index (Phi) is 25.4. The zero-order chi connectivity index (χ0) is 26.5. The van der Waals surface area contributed by atoms with Crippen molar-refractivity contribution in [3.63, 3.8) is 0 Å². The van der Waals surface area contributed by atoms with Crippen molar-refractivity contribution < 1.29 is 33.2 Å². The third-order valence-corrected chi connectivity index (χ3v) is 5.74. The van der Waals surface area contributed by atoms with Crippen LogP contribution in [-0.4, -0.2) is 85.9 Å². The van der Waals surface area contributed by atoms with E-state index in [4.69, 9.17) is 33.2 Å². The maximum absolute atomic E-state index is 5.76. The molecule has 1 aromatic rings. The first kappa shape index (κ1) is 33.8. The molecule has 0 radical (unpaired) electrons. The molecule has 0 N–H and O–H groups in total. The second-order valence-corrected chi connectivity index (χ2v) is 9.04. The normalized spacial score (nSPS) is 11.3. The minimum absolute atomic E-state index is 0.539. The van der Waals surface area contributed by atoms with E-state index in [0.717, 1.165) is 31.6 Å². The number of aryl methyl sites for hydroxylation is 1. The van der Waals surface area contributed by atoms with Gasteiger partial charge in [-0.15, -0.1) is 0 Å². The first-order valence-electron chi connectivity index (χ1n) is 14.5. The molecule has 37 heavy (non-hydrogen) atoms. The summed E-state index contributed by atoms with van der Waals surface area (Å²) >= 11 is 0. The number of hydrogen-bond acceptors (Lipinski definition) is 7. The van der Waals surface area contributed by atoms with Gasteiger partial charge in [0.15, 0.2) is 0 Å². The molecule has 1 aromatic carbocycles. The van der Waals surface area contributed by atoms with Crippen LogP contribution in [0.25, 0.3) is 0 Å². The fourth-order valence-corrected chi connectivity index (χ4v) is 3.53. The molecule has 0 spiro atoms. The summed E-state index contributed by atoms with van der Waals surface area (Å²) in [5.74, 6) is 0.896. The molecule has 0 aromatic heterocycles. The fourth-order valence-electron chi connectivity index (χ4n) is 3.53. The van der Waals surface area contributed by atoms with Gasteiger partial charge in [0.2, 0.25) is 0 Å². The molecule has 0 bridgehead atoms. The van der Waals surface area contributed by atoms with Crippen LogP contribution in [0.5, 0.6) is 5.75 Å². The van der Waals surface area contributed by atoms with Crippen molar-refractivity contribution in [2.45, 2.75) is 71.6 Å². The summed E-state index contributed by atoms with van der Waals surface area (Å²) in [5.41, 5.74) is 1.39. The van der Waals surface area contributed by atoms with Crippen LogP contribution in [0.1, 0.15) is 70.8 Å². The molecule has 0 heterocycles. The van der Waals surface area contributed by atoms with Gasteiger partial charge in [-0.2, -0.15) is 0 Å². The summed E-state index contributed by atoms with van der Waals surface area (Å²) in [6.07, 6.45) is 11.4. The van der Waals surface area contributed by atoms with Gasteiger partial charge in [0.1, 0.15) is 12.4 Å². The van der Waals surface area contributed by atoms with Crippen LogP contribution in [0.4, 0.5) is 0 Å². The number of unbranched alkanes of at least 4 members (excludes halogenated alkanes) is 6. The molecule has 0 atom stereocenters. The Hall–Kier alpha value is -1.22. The Morgan fingerprint density at radius 1 is 0.405 bits per heavy atom. The van der Waals surface area contributed by atoms with Crippen molar-refractivity contribution in [3.8, 4) is 5.75 Å². The van der Waals surface area contributed by atoms with Gasteiger partial charge >= 0.3 is 0 Å². The molecule has 0 fully saturated rings. The van der Waals surface area contributed by atoms with Crippen LogP contribution in [0.3, 0.4) is 0 Å². The highest BCUT2D eigenvalue weighted by atomic mass is 16.6. The zero-order valence-corrected chi connectivity index (χ0v) is 23.7. The number of benzene rings is 1. The molecule has 0 aliphatic carbocycles. The van der Waals surface area contributed by atoms with Gasteiger partial charge in [-0.1, -0.05) is 64.5 Å². The van der Waals surface area contributed by atoms with Crippen molar-refractivity contribution in [2.24, 2.45) is 0 Å². The smallest absolute Gasteiger partial charge is 0.119 e. The lowest BCUT2D eigenvalue weighted by atomic mass is 10.0. The van der Waals surface area contributed by atoms with Crippen LogP contribution in [0.15, 0.2) is 24.3 Å². The average molecular weight is 527 g/mol. The van der Waals surface area contributed by atoms with Gasteiger partial charge in [-0.05, 0) is 37.0 Å². The van der Waals surface area contributed by atoms with Crippen LogP contribution in [-0.2, 0) is 34.8 Å². The van der Waals surface area contributed by atoms with Crippen molar-refractivity contribution in [1.82, 2.24) is 0 Å². The molecule has 0 saturated carbocycles. The van der Waals surface area contributed by atoms with Crippen LogP contribution >= 0.6 is 0 Å². The Morgan fingerprint density at radius 2 is 0.811 bits per heavy atom. The number of ether oxygens (including phenoxy) is 7. The van der Waals surface area contributed by atoms with E-state index in [1.165, 1.54) is 44.1 Å². The van der Waals surface area contributed by atoms with Crippen molar-refractivity contribution in [3.05, 3.63) is 29.8 Å². The van der Waals surface area contributed by atoms with Gasteiger partial charge in [-0.3, -0.25) is 0 Å². The maximum Gasteiger partial charge on any atom is 0.119 e. The van der Waals surface area contributed by atoms with E-state index >= 15 is 0 Å². The molecule has 0 amide bonds. The minimum Gasteiger partial charge on any atom is -0.491 e. The van der Waals surface area contributed by atoms with E-state index in [1.54, 1.807) is 0 Å². The Morgan fingerprint density at radius 3 is 1.30 bits per heavy atom. The Labute approximate surface area is 226 Å². The Balaban J connectivity index is 1.77. The standard InChI is InChI=1S/C30H54O7/c1-3-5-7-8-9-10-11-29-12-14-30(15-13-29)37-28-27-36-26-25-35-24-23-34-22-21-33-20-19-32-18-17-31-16-6-4-2/h12-15H,3-11,16-28H2,1-2H3. The molecule has 216 valence electrons. The molecule has 0 unspecified atom stereocenters. The highest BCUT2D eigenvalue weighted by molar-refractivity contribution is 5.27. The summed E-state index contributed by atoms with van der Waals surface area (Å²) in [6.45, 7) is 12.0. The SMILES string of the molecule is CCCCCCCCc1ccc(OCCOCCOCCOCCOCCOCCOCCCC)cc1. The predicted octanol–water partition coefficient (Wildman–Crippen LogP) is 5.87. The van der Waals surface area contributed by atoms with E-state index in [1.807, 2.05) is 0 Å². The monoisotopic (exact) mass is 526 g/mol. The quantitative estimate of drug-likeness (QED) is 0.121. The molecule has 0 aliphatic rings. The highest BCUT2D eigenvalue weighted by Gasteiger charge is 1.98. The summed E-state index contributed by atoms with van der Waals surface area (Å²) in [4.78, 5) is 0. The van der Waals surface area contributed by atoms with Gasteiger partial charge in [0, 0.05) is 6.61 Å². The first-order valence-corrected chi connectivity index (χ1v) is 14.5. The molecular weight excluding hydrogens is 472 g/mol. The molecule has 1 rings (SSSR count). The molecule has 7 nitrogen and oxygen atoms in total. The van der Waals surface area contributed by atoms with Crippen LogP contribution < -0.4 is 4.74 Å². The summed E-state index contributed by atoms with van der Waals surface area (Å²) < 4.78 is 38.7. The van der Waals surface area contributed by atoms with Gasteiger partial charge in [0.05, 0.1) is 72.7 Å². The Bertz CT molecular complexity index is 568. The third-order valence-electron chi connectivity index (χ3n) is 5.74. The van der Waals surface area contributed by atoms with Gasteiger partial charge < -0.3 is 33.2 Å². The largest absolute Gasteiger partial charge is 0.491 e. The van der Waals surface area contributed by atoms with Crippen LogP contribution in [0.2, 0.25) is 0 Å². The first-order chi connectivity index (χ1) is 18.4. The van der Waals surface area contributed by atoms with E-state index in [0.29, 0.717) is 79.3 Å². The minimum atomic E-state index is 0.539. The predicted molar refractivity (Wildman–Crippen MR) is 149 cm³/mol. The van der Waals surface area contributed by atoms with Gasteiger partial charge in [0.25, 0.3) is 0 Å². The summed E-state index contributed by atoms with van der Waals surface area (Å²) in [6, 6.07) is 8.46. The lowest BCUT2D eigenvalue weighted by molar-refractivity contribution is -0.0178. The molecular formula is C30H54O7. The summed E-state index contributed by atoms with van der Waals surface area (Å²) in [7, 11) is 0. The van der Waals surface area contributed by atoms with Crippen LogP contribution in [0, 0.1) is 0 Å². The lowest BCUT2D eigenvalue weighted by Gasteiger charge is -2.09. The lowest BCUT2D eigenvalue weighted by Crippen LogP contribution is -2.14. The molecule has 0 aliphatic heterocycles. The van der Waals surface area contributed by atoms with Crippen molar-refractivity contribution in [1.29, 1.82) is 0 Å². The van der Waals surface area contributed by atoms with Crippen molar-refractivity contribution >= 4 is 0 Å². The second kappa shape index (κ2) is 27.8. The second-order valence-electron chi connectivity index (χ2n) is 9.04.